The summed E-state index contributed by atoms with van der Waals surface area (Å²) in [4.78, 5) is 0. The fraction of sp³-hybridized carbons (Fsp3) is 0.571. The Bertz CT molecular complexity index is 426. The molecule has 0 saturated heterocycles. The maximum Gasteiger partial charge on any atom is 0.137 e. The summed E-state index contributed by atoms with van der Waals surface area (Å²) in [6.07, 6.45) is 3.22. The largest absolute Gasteiger partial charge is 0.495 e. The molecule has 1 aliphatic rings. The van der Waals surface area contributed by atoms with Gasteiger partial charge in [0.05, 0.1) is 12.1 Å². The zero-order chi connectivity index (χ0) is 12.6. The Morgan fingerprint density at radius 3 is 2.59 bits per heavy atom. The number of nitrogens with two attached hydrogens (primary N) is 1. The second-order valence-corrected chi connectivity index (χ2v) is 5.32. The summed E-state index contributed by atoms with van der Waals surface area (Å²) >= 11 is 6.17. The number of rotatable bonds is 3. The molecule has 1 atom stereocenters. The lowest BCUT2D eigenvalue weighted by Gasteiger charge is -2.31. The summed E-state index contributed by atoms with van der Waals surface area (Å²) in [7, 11) is 1.65. The molecule has 0 heterocycles. The van der Waals surface area contributed by atoms with Crippen molar-refractivity contribution >= 4 is 11.6 Å². The first-order valence-corrected chi connectivity index (χ1v) is 6.57. The van der Waals surface area contributed by atoms with E-state index in [4.69, 9.17) is 22.1 Å². The van der Waals surface area contributed by atoms with Crippen LogP contribution in [-0.4, -0.2) is 7.11 Å². The van der Waals surface area contributed by atoms with E-state index in [-0.39, 0.29) is 11.5 Å². The first-order chi connectivity index (χ1) is 8.07. The van der Waals surface area contributed by atoms with E-state index in [2.05, 4.69) is 13.8 Å². The Hall–Kier alpha value is -0.730. The molecule has 0 radical (unpaired) electrons. The molecule has 17 heavy (non-hydrogen) atoms. The maximum atomic E-state index is 6.41. The van der Waals surface area contributed by atoms with Crippen LogP contribution in [0.2, 0.25) is 5.02 Å². The molecule has 0 unspecified atom stereocenters. The van der Waals surface area contributed by atoms with Gasteiger partial charge in [0.15, 0.2) is 0 Å². The van der Waals surface area contributed by atoms with Gasteiger partial charge in [-0.25, -0.2) is 0 Å². The van der Waals surface area contributed by atoms with Crippen LogP contribution < -0.4 is 10.5 Å². The van der Waals surface area contributed by atoms with Crippen molar-refractivity contribution in [2.45, 2.75) is 39.2 Å². The Balaban J connectivity index is 2.48. The van der Waals surface area contributed by atoms with Crippen LogP contribution in [0, 0.1) is 5.41 Å². The third kappa shape index (κ3) is 1.84. The SMILES string of the molecule is CCC1(CC)Cc2cc(OC)c(Cl)cc2[C@@H]1N. The number of fused-ring (bicyclic) bond motifs is 1. The number of ether oxygens (including phenoxy) is 1. The quantitative estimate of drug-likeness (QED) is 0.891. The van der Waals surface area contributed by atoms with Crippen molar-refractivity contribution in [2.75, 3.05) is 7.11 Å². The van der Waals surface area contributed by atoms with E-state index in [0.717, 1.165) is 25.0 Å². The van der Waals surface area contributed by atoms with Crippen LogP contribution in [0.5, 0.6) is 5.75 Å². The van der Waals surface area contributed by atoms with E-state index in [9.17, 15) is 0 Å². The highest BCUT2D eigenvalue weighted by molar-refractivity contribution is 6.32. The Morgan fingerprint density at radius 2 is 2.06 bits per heavy atom. The van der Waals surface area contributed by atoms with Crippen molar-refractivity contribution in [3.8, 4) is 5.75 Å². The molecule has 94 valence electrons. The van der Waals surface area contributed by atoms with Gasteiger partial charge in [0.25, 0.3) is 0 Å². The number of benzene rings is 1. The minimum Gasteiger partial charge on any atom is -0.495 e. The molecule has 0 aromatic heterocycles. The van der Waals surface area contributed by atoms with E-state index in [0.29, 0.717) is 5.02 Å². The van der Waals surface area contributed by atoms with Gasteiger partial charge < -0.3 is 10.5 Å². The fourth-order valence-corrected chi connectivity index (χ4v) is 3.22. The van der Waals surface area contributed by atoms with Crippen molar-refractivity contribution in [2.24, 2.45) is 11.1 Å². The van der Waals surface area contributed by atoms with E-state index in [1.54, 1.807) is 7.11 Å². The molecule has 0 spiro atoms. The minimum absolute atomic E-state index is 0.0934. The molecule has 0 amide bonds. The summed E-state index contributed by atoms with van der Waals surface area (Å²) < 4.78 is 5.27. The van der Waals surface area contributed by atoms with Gasteiger partial charge in [-0.3, -0.25) is 0 Å². The van der Waals surface area contributed by atoms with E-state index >= 15 is 0 Å². The van der Waals surface area contributed by atoms with Gasteiger partial charge >= 0.3 is 0 Å². The van der Waals surface area contributed by atoms with Crippen LogP contribution in [-0.2, 0) is 6.42 Å². The zero-order valence-corrected chi connectivity index (χ0v) is 11.5. The monoisotopic (exact) mass is 253 g/mol. The van der Waals surface area contributed by atoms with Gasteiger partial charge in [-0.1, -0.05) is 25.4 Å². The average molecular weight is 254 g/mol. The number of halogens is 1. The lowest BCUT2D eigenvalue weighted by Crippen LogP contribution is -2.30. The van der Waals surface area contributed by atoms with Gasteiger partial charge in [0.2, 0.25) is 0 Å². The second kappa shape index (κ2) is 4.51. The highest BCUT2D eigenvalue weighted by atomic mass is 35.5. The Labute approximate surface area is 108 Å². The van der Waals surface area contributed by atoms with Crippen LogP contribution in [0.4, 0.5) is 0 Å². The molecule has 2 nitrogen and oxygen atoms in total. The lowest BCUT2D eigenvalue weighted by atomic mass is 9.76. The summed E-state index contributed by atoms with van der Waals surface area (Å²) in [6, 6.07) is 4.12. The molecule has 3 heteroatoms. The van der Waals surface area contributed by atoms with Crippen molar-refractivity contribution < 1.29 is 4.74 Å². The molecular weight excluding hydrogens is 234 g/mol. The molecular formula is C14H20ClNO. The van der Waals surface area contributed by atoms with E-state index in [1.165, 1.54) is 11.1 Å². The van der Waals surface area contributed by atoms with Gasteiger partial charge in [-0.15, -0.1) is 0 Å². The van der Waals surface area contributed by atoms with Gasteiger partial charge in [0.1, 0.15) is 5.75 Å². The minimum atomic E-state index is 0.0934. The number of hydrogen-bond donors (Lipinski definition) is 1. The van der Waals surface area contributed by atoms with Crippen LogP contribution in [0.15, 0.2) is 12.1 Å². The molecule has 2 N–H and O–H groups in total. The third-order valence-corrected chi connectivity index (χ3v) is 4.65. The van der Waals surface area contributed by atoms with Gasteiger partial charge in [0, 0.05) is 6.04 Å². The molecule has 0 bridgehead atoms. The number of hydrogen-bond acceptors (Lipinski definition) is 2. The summed E-state index contributed by atoms with van der Waals surface area (Å²) in [5.74, 6) is 0.751. The molecule has 1 aromatic carbocycles. The summed E-state index contributed by atoms with van der Waals surface area (Å²) in [6.45, 7) is 4.43. The second-order valence-electron chi connectivity index (χ2n) is 4.91. The topological polar surface area (TPSA) is 35.2 Å². The van der Waals surface area contributed by atoms with E-state index < -0.39 is 0 Å². The van der Waals surface area contributed by atoms with Crippen molar-refractivity contribution in [1.29, 1.82) is 0 Å². The highest BCUT2D eigenvalue weighted by Crippen LogP contribution is 2.50. The number of methoxy groups -OCH3 is 1. The molecule has 0 fully saturated rings. The van der Waals surface area contributed by atoms with E-state index in [1.807, 2.05) is 12.1 Å². The molecule has 1 aliphatic carbocycles. The fourth-order valence-electron chi connectivity index (χ4n) is 2.97. The van der Waals surface area contributed by atoms with Crippen LogP contribution in [0.3, 0.4) is 0 Å². The predicted octanol–water partition coefficient (Wildman–Crippen LogP) is 3.71. The smallest absolute Gasteiger partial charge is 0.137 e. The molecule has 2 rings (SSSR count). The Morgan fingerprint density at radius 1 is 1.41 bits per heavy atom. The zero-order valence-electron chi connectivity index (χ0n) is 10.7. The maximum absolute atomic E-state index is 6.41. The average Bonchev–Trinajstić information content (AvgIpc) is 2.62. The summed E-state index contributed by atoms with van der Waals surface area (Å²) in [5.41, 5.74) is 9.09. The first-order valence-electron chi connectivity index (χ1n) is 6.20. The van der Waals surface area contributed by atoms with Crippen LogP contribution in [0.25, 0.3) is 0 Å². The normalized spacial score (nSPS) is 21.4. The molecule has 0 aliphatic heterocycles. The predicted molar refractivity (Wildman–Crippen MR) is 71.7 cm³/mol. The summed E-state index contributed by atoms with van der Waals surface area (Å²) in [5, 5.41) is 0.657. The van der Waals surface area contributed by atoms with Gasteiger partial charge in [-0.2, -0.15) is 0 Å². The van der Waals surface area contributed by atoms with Crippen molar-refractivity contribution in [3.63, 3.8) is 0 Å². The molecule has 0 saturated carbocycles. The third-order valence-electron chi connectivity index (χ3n) is 4.36. The Kier molecular flexibility index (Phi) is 3.37. The van der Waals surface area contributed by atoms with Gasteiger partial charge in [-0.05, 0) is 47.9 Å². The molecule has 1 aromatic rings. The van der Waals surface area contributed by atoms with Crippen LogP contribution >= 0.6 is 11.6 Å². The lowest BCUT2D eigenvalue weighted by molar-refractivity contribution is 0.226. The standard InChI is InChI=1S/C14H20ClNO/c1-4-14(5-2)8-9-6-12(17-3)11(15)7-10(9)13(14)16/h6-7,13H,4-5,8,16H2,1-3H3/t13-/m0/s1. The van der Waals surface area contributed by atoms with Crippen LogP contribution in [0.1, 0.15) is 43.9 Å². The van der Waals surface area contributed by atoms with Crippen molar-refractivity contribution in [3.05, 3.63) is 28.3 Å². The van der Waals surface area contributed by atoms with Crippen molar-refractivity contribution in [1.82, 2.24) is 0 Å². The first kappa shape index (κ1) is 12.7. The highest BCUT2D eigenvalue weighted by Gasteiger charge is 2.41.